The van der Waals surface area contributed by atoms with Crippen LogP contribution >= 0.6 is 20.7 Å². The molecule has 0 bridgehead atoms. The molecule has 14 heavy (non-hydrogen) atoms. The Balaban J connectivity index is 2.33. The lowest BCUT2D eigenvalue weighted by molar-refractivity contribution is -0.0262. The molecule has 1 fully saturated rings. The Morgan fingerprint density at radius 3 is 2.43 bits per heavy atom. The number of ether oxygens (including phenoxy) is 1. The fraction of sp³-hybridized carbons (Fsp3) is 0.778. The number of hydrogen-bond donors (Lipinski definition) is 0. The van der Waals surface area contributed by atoms with Crippen LogP contribution in [0.5, 0.6) is 0 Å². The van der Waals surface area contributed by atoms with Crippen molar-refractivity contribution in [2.75, 3.05) is 13.1 Å². The molecule has 0 aromatic carbocycles. The maximum absolute atomic E-state index is 5.68. The van der Waals surface area contributed by atoms with Gasteiger partial charge in [0.2, 0.25) is 5.01 Å². The van der Waals surface area contributed by atoms with Crippen LogP contribution in [0.3, 0.4) is 0 Å². The van der Waals surface area contributed by atoms with Crippen LogP contribution in [0.25, 0.3) is 0 Å². The highest BCUT2D eigenvalue weighted by Crippen LogP contribution is 2.07. The van der Waals surface area contributed by atoms with Crippen LogP contribution in [0, 0.1) is 6.92 Å². The summed E-state index contributed by atoms with van der Waals surface area (Å²) in [5.74, 6) is 0. The van der Waals surface area contributed by atoms with Crippen molar-refractivity contribution in [3.63, 3.8) is 0 Å². The van der Waals surface area contributed by atoms with E-state index in [0.29, 0.717) is 12.2 Å². The first-order valence-electron chi connectivity index (χ1n) is 4.82. The lowest BCUT2D eigenvalue weighted by atomic mass is 10.2. The highest BCUT2D eigenvalue weighted by Gasteiger charge is 2.23. The number of rotatable bonds is 0. The first-order valence-corrected chi connectivity index (χ1v) is 6.97. The summed E-state index contributed by atoms with van der Waals surface area (Å²) in [6.45, 7) is 8.21. The van der Waals surface area contributed by atoms with Gasteiger partial charge in [-0.2, -0.15) is 0 Å². The minimum absolute atomic E-state index is 0.313. The van der Waals surface area contributed by atoms with E-state index in [-0.39, 0.29) is 0 Å². The maximum atomic E-state index is 5.68. The van der Waals surface area contributed by atoms with Crippen LogP contribution in [0.2, 0.25) is 0 Å². The zero-order chi connectivity index (χ0) is 10.1. The summed E-state index contributed by atoms with van der Waals surface area (Å²) in [5, 5.41) is 1.15. The van der Waals surface area contributed by atoms with E-state index in [0.717, 1.165) is 22.9 Å². The Hall–Kier alpha value is -0.260. The van der Waals surface area contributed by atoms with E-state index in [1.807, 2.05) is 0 Å². The molecule has 1 aliphatic heterocycles. The van der Waals surface area contributed by atoms with Gasteiger partial charge in [0.1, 0.15) is 13.1 Å². The molecule has 2 unspecified atom stereocenters. The predicted molar refractivity (Wildman–Crippen MR) is 59.7 cm³/mol. The molecule has 2 atom stereocenters. The molecule has 1 aliphatic rings. The molecular formula is C9H15N2OS2+. The standard InChI is InChI=1S/C9H15N2OS2/c1-6-4-11(5-7(2)12-6)9-10-8(3)13-14-9/h6-7H,4-5H2,1-3H3/q+1. The average Bonchev–Trinajstić information content (AvgIpc) is 2.50. The van der Waals surface area contributed by atoms with Crippen LogP contribution in [-0.2, 0) is 4.74 Å². The highest BCUT2D eigenvalue weighted by molar-refractivity contribution is 7.68. The fourth-order valence-corrected chi connectivity index (χ4v) is 3.66. The van der Waals surface area contributed by atoms with E-state index in [1.54, 1.807) is 20.7 Å². The Morgan fingerprint density at radius 2 is 1.93 bits per heavy atom. The van der Waals surface area contributed by atoms with Gasteiger partial charge in [0, 0.05) is 17.3 Å². The van der Waals surface area contributed by atoms with Gasteiger partial charge in [-0.05, 0) is 29.2 Å². The minimum atomic E-state index is 0.313. The lowest BCUT2D eigenvalue weighted by Crippen LogP contribution is -2.47. The molecule has 1 aromatic heterocycles. The monoisotopic (exact) mass is 231 g/mol. The molecule has 78 valence electrons. The summed E-state index contributed by atoms with van der Waals surface area (Å²) in [6, 6.07) is 0. The van der Waals surface area contributed by atoms with E-state index >= 15 is 0 Å². The number of aryl methyl sites for hydroxylation is 1. The molecule has 0 saturated carbocycles. The molecule has 2 heterocycles. The second-order valence-corrected chi connectivity index (χ2v) is 6.03. The van der Waals surface area contributed by atoms with E-state index < -0.39 is 0 Å². The van der Waals surface area contributed by atoms with Crippen molar-refractivity contribution in [2.24, 2.45) is 0 Å². The van der Waals surface area contributed by atoms with Gasteiger partial charge in [-0.15, -0.1) is 0 Å². The Bertz CT molecular complexity index is 370. The number of nitrogens with zero attached hydrogens (tertiary/aromatic N) is 2. The molecule has 1 saturated heterocycles. The fourth-order valence-electron chi connectivity index (χ4n) is 1.73. The van der Waals surface area contributed by atoms with Gasteiger partial charge in [-0.1, -0.05) is 0 Å². The smallest absolute Gasteiger partial charge is 0.367 e. The number of aromatic nitrogens is 1. The molecule has 0 aliphatic carbocycles. The largest absolute Gasteiger partial charge is 0.388 e. The van der Waals surface area contributed by atoms with Gasteiger partial charge in [0.25, 0.3) is 0 Å². The number of morpholine rings is 1. The molecule has 0 spiro atoms. The highest BCUT2D eigenvalue weighted by atomic mass is 32.9. The van der Waals surface area contributed by atoms with Crippen molar-refractivity contribution in [1.82, 2.24) is 9.56 Å². The van der Waals surface area contributed by atoms with Crippen LogP contribution in [0.15, 0.2) is 0 Å². The summed E-state index contributed by atoms with van der Waals surface area (Å²) in [7, 11) is 3.51. The molecule has 2 rings (SSSR count). The van der Waals surface area contributed by atoms with E-state index in [2.05, 4.69) is 30.3 Å². The summed E-state index contributed by atoms with van der Waals surface area (Å²) in [6.07, 6.45) is 0.626. The molecule has 0 N–H and O–H groups in total. The normalized spacial score (nSPS) is 28.1. The average molecular weight is 231 g/mol. The third-order valence-corrected chi connectivity index (χ3v) is 4.52. The van der Waals surface area contributed by atoms with Gasteiger partial charge in [-0.3, -0.25) is 0 Å². The minimum Gasteiger partial charge on any atom is -0.367 e. The Morgan fingerprint density at radius 1 is 1.29 bits per heavy atom. The SMILES string of the molecule is Cc1nc(=[N+]2CC(C)OC(C)C2)ss1. The van der Waals surface area contributed by atoms with Crippen LogP contribution in [0.4, 0.5) is 0 Å². The summed E-state index contributed by atoms with van der Waals surface area (Å²) in [4.78, 5) is 5.66. The summed E-state index contributed by atoms with van der Waals surface area (Å²) >= 11 is 0. The second kappa shape index (κ2) is 4.08. The van der Waals surface area contributed by atoms with Crippen molar-refractivity contribution < 1.29 is 4.74 Å². The van der Waals surface area contributed by atoms with Crippen LogP contribution in [0.1, 0.15) is 18.9 Å². The third kappa shape index (κ3) is 2.21. The van der Waals surface area contributed by atoms with Crippen molar-refractivity contribution >= 4 is 20.7 Å². The van der Waals surface area contributed by atoms with E-state index in [9.17, 15) is 0 Å². The van der Waals surface area contributed by atoms with Crippen molar-refractivity contribution in [2.45, 2.75) is 33.0 Å². The Kier molecular flexibility index (Phi) is 2.99. The molecular weight excluding hydrogens is 216 g/mol. The molecule has 0 amide bonds. The molecule has 0 radical (unpaired) electrons. The van der Waals surface area contributed by atoms with E-state index in [4.69, 9.17) is 4.74 Å². The zero-order valence-electron chi connectivity index (χ0n) is 8.69. The summed E-state index contributed by atoms with van der Waals surface area (Å²) < 4.78 is 8.01. The maximum Gasteiger partial charge on any atom is 0.388 e. The zero-order valence-corrected chi connectivity index (χ0v) is 10.3. The molecule has 3 nitrogen and oxygen atoms in total. The van der Waals surface area contributed by atoms with Gasteiger partial charge in [0.05, 0.1) is 12.2 Å². The van der Waals surface area contributed by atoms with Crippen molar-refractivity contribution in [1.29, 1.82) is 0 Å². The summed E-state index contributed by atoms with van der Waals surface area (Å²) in [5.41, 5.74) is 0. The quantitative estimate of drug-likeness (QED) is 0.493. The number of hydrogen-bond acceptors (Lipinski definition) is 4. The van der Waals surface area contributed by atoms with Gasteiger partial charge >= 0.3 is 4.80 Å². The first-order chi connectivity index (χ1) is 6.65. The predicted octanol–water partition coefficient (Wildman–Crippen LogP) is 1.09. The van der Waals surface area contributed by atoms with Gasteiger partial charge in [0.15, 0.2) is 0 Å². The topological polar surface area (TPSA) is 25.1 Å². The second-order valence-electron chi connectivity index (χ2n) is 3.74. The Labute approximate surface area is 91.1 Å². The molecule has 5 heteroatoms. The third-order valence-electron chi connectivity index (χ3n) is 2.18. The first kappa shape index (κ1) is 10.3. The van der Waals surface area contributed by atoms with E-state index in [1.165, 1.54) is 0 Å². The van der Waals surface area contributed by atoms with Crippen molar-refractivity contribution in [3.8, 4) is 0 Å². The van der Waals surface area contributed by atoms with Crippen LogP contribution in [-0.4, -0.2) is 30.3 Å². The van der Waals surface area contributed by atoms with Crippen molar-refractivity contribution in [3.05, 3.63) is 9.81 Å². The van der Waals surface area contributed by atoms with Gasteiger partial charge in [-0.25, -0.2) is 4.58 Å². The van der Waals surface area contributed by atoms with Gasteiger partial charge < -0.3 is 4.74 Å². The molecule has 1 aromatic rings. The lowest BCUT2D eigenvalue weighted by Gasteiger charge is -2.25. The van der Waals surface area contributed by atoms with Crippen LogP contribution < -0.4 is 9.38 Å².